The zero-order chi connectivity index (χ0) is 12.3. The van der Waals surface area contributed by atoms with Crippen molar-refractivity contribution in [3.8, 4) is 0 Å². The second kappa shape index (κ2) is 4.97. The fourth-order valence-electron chi connectivity index (χ4n) is 1.85. The molecule has 0 spiro atoms. The van der Waals surface area contributed by atoms with E-state index in [9.17, 15) is 4.79 Å². The van der Waals surface area contributed by atoms with Crippen LogP contribution in [0.4, 0.5) is 0 Å². The van der Waals surface area contributed by atoms with Crippen LogP contribution in [-0.4, -0.2) is 28.3 Å². The van der Waals surface area contributed by atoms with Crippen LogP contribution in [0.25, 0.3) is 10.9 Å². The summed E-state index contributed by atoms with van der Waals surface area (Å²) in [5.41, 5.74) is 6.35. The summed E-state index contributed by atoms with van der Waals surface area (Å²) in [7, 11) is 0. The normalized spacial score (nSPS) is 12.8. The van der Waals surface area contributed by atoms with Crippen LogP contribution in [0.5, 0.6) is 0 Å². The molecular formula is C12H16N4O. The predicted octanol–water partition coefficient (Wildman–Crippen LogP) is 0.500. The minimum atomic E-state index is -0.386. The molecule has 0 saturated carbocycles. The van der Waals surface area contributed by atoms with Gasteiger partial charge in [0.05, 0.1) is 18.3 Å². The Hall–Kier alpha value is -1.88. The van der Waals surface area contributed by atoms with Crippen LogP contribution in [0.1, 0.15) is 6.92 Å². The molecular weight excluding hydrogens is 216 g/mol. The van der Waals surface area contributed by atoms with Crippen molar-refractivity contribution in [3.63, 3.8) is 0 Å². The number of carbonyl (C=O) groups is 1. The Balaban J connectivity index is 2.25. The van der Waals surface area contributed by atoms with Crippen LogP contribution < -0.4 is 11.1 Å². The third-order valence-corrected chi connectivity index (χ3v) is 2.70. The Morgan fingerprint density at radius 3 is 3.00 bits per heavy atom. The summed E-state index contributed by atoms with van der Waals surface area (Å²) in [6.07, 6.45) is 1.79. The van der Waals surface area contributed by atoms with Gasteiger partial charge in [-0.2, -0.15) is 5.10 Å². The second-order valence-corrected chi connectivity index (χ2v) is 3.90. The first kappa shape index (κ1) is 11.6. The number of amides is 1. The van der Waals surface area contributed by atoms with E-state index in [0.717, 1.165) is 10.9 Å². The lowest BCUT2D eigenvalue weighted by Gasteiger charge is -2.14. The summed E-state index contributed by atoms with van der Waals surface area (Å²) in [5, 5.41) is 8.38. The van der Waals surface area contributed by atoms with Gasteiger partial charge in [-0.05, 0) is 12.6 Å². The lowest BCUT2D eigenvalue weighted by molar-refractivity contribution is -0.120. The van der Waals surface area contributed by atoms with Gasteiger partial charge in [0.25, 0.3) is 0 Å². The smallest absolute Gasteiger partial charge is 0.236 e. The molecule has 0 aliphatic rings. The average Bonchev–Trinajstić information content (AvgIpc) is 2.72. The Labute approximate surface area is 99.6 Å². The fraction of sp³-hybridized carbons (Fsp3) is 0.333. The van der Waals surface area contributed by atoms with Crippen molar-refractivity contribution in [3.05, 3.63) is 30.5 Å². The van der Waals surface area contributed by atoms with Gasteiger partial charge in [0.15, 0.2) is 0 Å². The number of hydrogen-bond acceptors (Lipinski definition) is 3. The highest BCUT2D eigenvalue weighted by atomic mass is 16.1. The number of nitrogens with zero attached hydrogens (tertiary/aromatic N) is 2. The molecule has 1 atom stereocenters. The number of benzene rings is 1. The maximum Gasteiger partial charge on any atom is 0.236 e. The molecule has 17 heavy (non-hydrogen) atoms. The van der Waals surface area contributed by atoms with Crippen LogP contribution in [0.3, 0.4) is 0 Å². The third kappa shape index (κ3) is 2.45. The molecule has 0 aliphatic heterocycles. The zero-order valence-corrected chi connectivity index (χ0v) is 9.76. The highest BCUT2D eigenvalue weighted by Crippen LogP contribution is 2.12. The first-order valence-corrected chi connectivity index (χ1v) is 5.65. The number of likely N-dealkylation sites (N-methyl/N-ethyl adjacent to an activating group) is 1. The zero-order valence-electron chi connectivity index (χ0n) is 9.76. The van der Waals surface area contributed by atoms with Gasteiger partial charge < -0.3 is 11.1 Å². The molecule has 3 N–H and O–H groups in total. The molecule has 1 aromatic heterocycles. The number of fused-ring (bicyclic) bond motifs is 1. The number of para-hydroxylation sites is 1. The number of rotatable bonds is 5. The molecule has 1 unspecified atom stereocenters. The molecule has 2 aromatic rings. The largest absolute Gasteiger partial charge is 0.368 e. The van der Waals surface area contributed by atoms with Crippen molar-refractivity contribution >= 4 is 16.8 Å². The van der Waals surface area contributed by atoms with Gasteiger partial charge in [-0.15, -0.1) is 0 Å². The molecule has 90 valence electrons. The summed E-state index contributed by atoms with van der Waals surface area (Å²) < 4.78 is 1.80. The molecule has 0 radical (unpaired) electrons. The summed E-state index contributed by atoms with van der Waals surface area (Å²) in [4.78, 5) is 11.3. The van der Waals surface area contributed by atoms with Crippen molar-refractivity contribution in [1.82, 2.24) is 15.1 Å². The second-order valence-electron chi connectivity index (χ2n) is 3.90. The quantitative estimate of drug-likeness (QED) is 0.788. The molecule has 1 heterocycles. The molecule has 1 aromatic carbocycles. The molecule has 0 aliphatic carbocycles. The maximum atomic E-state index is 11.3. The van der Waals surface area contributed by atoms with Crippen LogP contribution >= 0.6 is 0 Å². The van der Waals surface area contributed by atoms with E-state index in [-0.39, 0.29) is 11.9 Å². The van der Waals surface area contributed by atoms with E-state index in [0.29, 0.717) is 13.1 Å². The van der Waals surface area contributed by atoms with E-state index in [1.807, 2.05) is 31.2 Å². The Bertz CT molecular complexity index is 520. The Kier molecular flexibility index (Phi) is 3.39. The molecule has 5 heteroatoms. The maximum absolute atomic E-state index is 11.3. The predicted molar refractivity (Wildman–Crippen MR) is 66.4 cm³/mol. The minimum Gasteiger partial charge on any atom is -0.368 e. The van der Waals surface area contributed by atoms with E-state index in [1.54, 1.807) is 10.9 Å². The van der Waals surface area contributed by atoms with E-state index >= 15 is 0 Å². The third-order valence-electron chi connectivity index (χ3n) is 2.70. The van der Waals surface area contributed by atoms with Gasteiger partial charge in [-0.25, -0.2) is 0 Å². The number of nitrogens with two attached hydrogens (primary N) is 1. The molecule has 5 nitrogen and oxygen atoms in total. The number of primary amides is 1. The molecule has 0 fully saturated rings. The topological polar surface area (TPSA) is 72.9 Å². The summed E-state index contributed by atoms with van der Waals surface area (Å²) >= 11 is 0. The first-order chi connectivity index (χ1) is 8.22. The number of carbonyl (C=O) groups excluding carboxylic acids is 1. The van der Waals surface area contributed by atoms with Crippen LogP contribution in [-0.2, 0) is 11.3 Å². The summed E-state index contributed by atoms with van der Waals surface area (Å²) in [5.74, 6) is -0.355. The highest BCUT2D eigenvalue weighted by Gasteiger charge is 2.15. The lowest BCUT2D eigenvalue weighted by atomic mass is 10.2. The van der Waals surface area contributed by atoms with E-state index in [4.69, 9.17) is 5.73 Å². The lowest BCUT2D eigenvalue weighted by Crippen LogP contribution is -2.44. The van der Waals surface area contributed by atoms with Crippen molar-refractivity contribution < 1.29 is 4.79 Å². The van der Waals surface area contributed by atoms with Crippen LogP contribution in [0.15, 0.2) is 30.5 Å². The van der Waals surface area contributed by atoms with Gasteiger partial charge in [0.1, 0.15) is 6.04 Å². The van der Waals surface area contributed by atoms with Crippen molar-refractivity contribution in [2.24, 2.45) is 5.73 Å². The number of hydrogen-bond donors (Lipinski definition) is 2. The van der Waals surface area contributed by atoms with E-state index in [2.05, 4.69) is 10.4 Å². The highest BCUT2D eigenvalue weighted by molar-refractivity contribution is 5.81. The van der Waals surface area contributed by atoms with Gasteiger partial charge in [0.2, 0.25) is 5.91 Å². The average molecular weight is 232 g/mol. The van der Waals surface area contributed by atoms with Gasteiger partial charge >= 0.3 is 0 Å². The molecule has 0 saturated heterocycles. The fourth-order valence-corrected chi connectivity index (χ4v) is 1.85. The van der Waals surface area contributed by atoms with Crippen LogP contribution in [0, 0.1) is 0 Å². The van der Waals surface area contributed by atoms with Gasteiger partial charge in [-0.3, -0.25) is 9.48 Å². The molecule has 1 amide bonds. The van der Waals surface area contributed by atoms with E-state index < -0.39 is 0 Å². The minimum absolute atomic E-state index is 0.355. The van der Waals surface area contributed by atoms with Gasteiger partial charge in [-0.1, -0.05) is 25.1 Å². The molecule has 2 rings (SSSR count). The van der Waals surface area contributed by atoms with E-state index in [1.165, 1.54) is 0 Å². The Morgan fingerprint density at radius 2 is 2.29 bits per heavy atom. The summed E-state index contributed by atoms with van der Waals surface area (Å²) in [6.45, 7) is 3.10. The molecule has 0 bridgehead atoms. The number of aromatic nitrogens is 2. The first-order valence-electron chi connectivity index (χ1n) is 5.65. The van der Waals surface area contributed by atoms with Crippen molar-refractivity contribution in [1.29, 1.82) is 0 Å². The van der Waals surface area contributed by atoms with Crippen LogP contribution in [0.2, 0.25) is 0 Å². The monoisotopic (exact) mass is 232 g/mol. The summed E-state index contributed by atoms with van der Waals surface area (Å²) in [6, 6.07) is 7.50. The number of nitrogens with one attached hydrogen (secondary N) is 1. The van der Waals surface area contributed by atoms with Crippen molar-refractivity contribution in [2.75, 3.05) is 6.54 Å². The SMILES string of the molecule is CCNC(Cn1ncc2ccccc21)C(N)=O. The van der Waals surface area contributed by atoms with Crippen molar-refractivity contribution in [2.45, 2.75) is 19.5 Å². The Morgan fingerprint density at radius 1 is 1.53 bits per heavy atom. The van der Waals surface area contributed by atoms with Gasteiger partial charge in [0, 0.05) is 5.39 Å². The standard InChI is InChI=1S/C12H16N4O/c1-2-14-10(12(13)17)8-16-11-6-4-3-5-9(11)7-15-16/h3-7,10,14H,2,8H2,1H3,(H2,13,17).